The third-order valence-corrected chi connectivity index (χ3v) is 4.27. The van der Waals surface area contributed by atoms with Crippen molar-refractivity contribution in [1.82, 2.24) is 4.90 Å². The van der Waals surface area contributed by atoms with Gasteiger partial charge in [-0.1, -0.05) is 15.9 Å². The summed E-state index contributed by atoms with van der Waals surface area (Å²) in [5.74, 6) is -0.159. The molecule has 1 fully saturated rings. The highest BCUT2D eigenvalue weighted by Gasteiger charge is 2.27. The summed E-state index contributed by atoms with van der Waals surface area (Å²) in [7, 11) is 1.74. The molecular formula is C14H20BrFN2O. The first-order valence-electron chi connectivity index (χ1n) is 6.55. The van der Waals surface area contributed by atoms with Gasteiger partial charge in [-0.15, -0.1) is 0 Å². The first kappa shape index (κ1) is 14.9. The fourth-order valence-electron chi connectivity index (χ4n) is 2.61. The lowest BCUT2D eigenvalue weighted by atomic mass is 9.98. The molecule has 1 aromatic rings. The Labute approximate surface area is 122 Å². The topological polar surface area (TPSA) is 38.5 Å². The van der Waals surface area contributed by atoms with Crippen LogP contribution in [0, 0.1) is 5.82 Å². The molecule has 19 heavy (non-hydrogen) atoms. The molecule has 0 saturated carbocycles. The molecule has 2 N–H and O–H groups in total. The van der Waals surface area contributed by atoms with Crippen LogP contribution in [0.1, 0.15) is 18.4 Å². The van der Waals surface area contributed by atoms with E-state index in [9.17, 15) is 4.39 Å². The molecule has 1 heterocycles. The van der Waals surface area contributed by atoms with Crippen LogP contribution in [-0.4, -0.2) is 37.2 Å². The number of piperidine rings is 1. The van der Waals surface area contributed by atoms with Gasteiger partial charge in [-0.2, -0.15) is 0 Å². The maximum atomic E-state index is 13.8. The highest BCUT2D eigenvalue weighted by molar-refractivity contribution is 9.10. The van der Waals surface area contributed by atoms with Crippen molar-refractivity contribution in [2.45, 2.75) is 31.5 Å². The minimum absolute atomic E-state index is 0.159. The predicted octanol–water partition coefficient (Wildman–Crippen LogP) is 2.53. The lowest BCUT2D eigenvalue weighted by molar-refractivity contribution is 0.00987. The number of methoxy groups -OCH3 is 1. The number of benzene rings is 1. The average molecular weight is 331 g/mol. The fraction of sp³-hybridized carbons (Fsp3) is 0.571. The standard InChI is InChI=1S/C14H20BrFN2O/c1-19-13-4-5-18(12(7-13)8-17)9-10-6-11(15)2-3-14(10)16/h2-3,6,12-13H,4-5,7-9,17H2,1H3. The highest BCUT2D eigenvalue weighted by Crippen LogP contribution is 2.23. The van der Waals surface area contributed by atoms with E-state index in [1.165, 1.54) is 6.07 Å². The van der Waals surface area contributed by atoms with Crippen molar-refractivity contribution in [2.75, 3.05) is 20.2 Å². The Balaban J connectivity index is 2.07. The number of halogens is 2. The molecule has 0 aromatic heterocycles. The summed E-state index contributed by atoms with van der Waals surface area (Å²) in [6, 6.07) is 5.32. The summed E-state index contributed by atoms with van der Waals surface area (Å²) >= 11 is 3.38. The van der Waals surface area contributed by atoms with E-state index in [0.29, 0.717) is 18.7 Å². The van der Waals surface area contributed by atoms with Gasteiger partial charge in [-0.3, -0.25) is 4.90 Å². The summed E-state index contributed by atoms with van der Waals surface area (Å²) < 4.78 is 20.1. The van der Waals surface area contributed by atoms with E-state index in [4.69, 9.17) is 10.5 Å². The number of hydrogen-bond donors (Lipinski definition) is 1. The zero-order chi connectivity index (χ0) is 13.8. The molecule has 1 aromatic carbocycles. The van der Waals surface area contributed by atoms with Crippen LogP contribution in [0.15, 0.2) is 22.7 Å². The van der Waals surface area contributed by atoms with Crippen molar-refractivity contribution in [3.05, 3.63) is 34.1 Å². The van der Waals surface area contributed by atoms with Crippen LogP contribution in [-0.2, 0) is 11.3 Å². The zero-order valence-electron chi connectivity index (χ0n) is 11.1. The largest absolute Gasteiger partial charge is 0.381 e. The second-order valence-corrected chi connectivity index (χ2v) is 5.89. The van der Waals surface area contributed by atoms with E-state index in [1.54, 1.807) is 13.2 Å². The van der Waals surface area contributed by atoms with Crippen LogP contribution in [0.4, 0.5) is 4.39 Å². The Kier molecular flexibility index (Phi) is 5.33. The Morgan fingerprint density at radius 2 is 2.32 bits per heavy atom. The Morgan fingerprint density at radius 1 is 1.53 bits per heavy atom. The van der Waals surface area contributed by atoms with Crippen molar-refractivity contribution in [3.8, 4) is 0 Å². The molecule has 0 spiro atoms. The van der Waals surface area contributed by atoms with Gasteiger partial charge in [0.1, 0.15) is 5.82 Å². The molecule has 0 radical (unpaired) electrons. The molecule has 1 aliphatic heterocycles. The normalized spacial score (nSPS) is 24.6. The molecule has 0 bridgehead atoms. The van der Waals surface area contributed by atoms with E-state index in [-0.39, 0.29) is 18.0 Å². The first-order valence-corrected chi connectivity index (χ1v) is 7.34. The molecule has 0 aliphatic carbocycles. The van der Waals surface area contributed by atoms with Gasteiger partial charge in [-0.05, 0) is 31.0 Å². The molecule has 3 nitrogen and oxygen atoms in total. The zero-order valence-corrected chi connectivity index (χ0v) is 12.7. The molecule has 1 saturated heterocycles. The predicted molar refractivity (Wildman–Crippen MR) is 77.4 cm³/mol. The van der Waals surface area contributed by atoms with E-state index in [2.05, 4.69) is 20.8 Å². The molecule has 106 valence electrons. The van der Waals surface area contributed by atoms with Gasteiger partial charge < -0.3 is 10.5 Å². The van der Waals surface area contributed by atoms with E-state index < -0.39 is 0 Å². The minimum atomic E-state index is -0.159. The molecule has 0 amide bonds. The van der Waals surface area contributed by atoms with Crippen molar-refractivity contribution in [3.63, 3.8) is 0 Å². The summed E-state index contributed by atoms with van der Waals surface area (Å²) in [5, 5.41) is 0. The maximum absolute atomic E-state index is 13.8. The Bertz CT molecular complexity index is 430. The summed E-state index contributed by atoms with van der Waals surface area (Å²) in [6.45, 7) is 2.07. The minimum Gasteiger partial charge on any atom is -0.381 e. The highest BCUT2D eigenvalue weighted by atomic mass is 79.9. The Hall–Kier alpha value is -0.490. The van der Waals surface area contributed by atoms with Crippen LogP contribution in [0.5, 0.6) is 0 Å². The maximum Gasteiger partial charge on any atom is 0.127 e. The molecular weight excluding hydrogens is 311 g/mol. The quantitative estimate of drug-likeness (QED) is 0.921. The number of nitrogens with two attached hydrogens (primary N) is 1. The van der Waals surface area contributed by atoms with Gasteiger partial charge in [-0.25, -0.2) is 4.39 Å². The van der Waals surface area contributed by atoms with E-state index in [1.807, 2.05) is 6.07 Å². The lowest BCUT2D eigenvalue weighted by Crippen LogP contribution is -2.48. The number of nitrogens with zero attached hydrogens (tertiary/aromatic N) is 1. The summed E-state index contributed by atoms with van der Waals surface area (Å²) in [4.78, 5) is 2.25. The van der Waals surface area contributed by atoms with Crippen molar-refractivity contribution < 1.29 is 9.13 Å². The monoisotopic (exact) mass is 330 g/mol. The van der Waals surface area contributed by atoms with Crippen LogP contribution in [0.2, 0.25) is 0 Å². The number of ether oxygens (including phenoxy) is 1. The van der Waals surface area contributed by atoms with Gasteiger partial charge in [0, 0.05) is 42.8 Å². The van der Waals surface area contributed by atoms with Crippen molar-refractivity contribution in [2.24, 2.45) is 5.73 Å². The van der Waals surface area contributed by atoms with E-state index >= 15 is 0 Å². The van der Waals surface area contributed by atoms with Gasteiger partial charge in [0.05, 0.1) is 6.10 Å². The third-order valence-electron chi connectivity index (χ3n) is 3.78. The summed E-state index contributed by atoms with van der Waals surface area (Å²) in [5.41, 5.74) is 6.54. The molecule has 5 heteroatoms. The second kappa shape index (κ2) is 6.79. The SMILES string of the molecule is COC1CCN(Cc2cc(Br)ccc2F)C(CN)C1. The van der Waals surface area contributed by atoms with Crippen LogP contribution < -0.4 is 5.73 Å². The third kappa shape index (κ3) is 3.75. The molecule has 2 rings (SSSR count). The smallest absolute Gasteiger partial charge is 0.127 e. The second-order valence-electron chi connectivity index (χ2n) is 4.98. The Morgan fingerprint density at radius 3 is 3.00 bits per heavy atom. The van der Waals surface area contributed by atoms with Gasteiger partial charge in [0.2, 0.25) is 0 Å². The summed E-state index contributed by atoms with van der Waals surface area (Å²) in [6.07, 6.45) is 2.17. The molecule has 2 atom stereocenters. The van der Waals surface area contributed by atoms with Crippen LogP contribution >= 0.6 is 15.9 Å². The van der Waals surface area contributed by atoms with Gasteiger partial charge in [0.15, 0.2) is 0 Å². The van der Waals surface area contributed by atoms with Crippen LogP contribution in [0.3, 0.4) is 0 Å². The van der Waals surface area contributed by atoms with Crippen molar-refractivity contribution >= 4 is 15.9 Å². The number of rotatable bonds is 4. The van der Waals surface area contributed by atoms with Gasteiger partial charge >= 0.3 is 0 Å². The molecule has 2 unspecified atom stereocenters. The van der Waals surface area contributed by atoms with Crippen LogP contribution in [0.25, 0.3) is 0 Å². The number of hydrogen-bond acceptors (Lipinski definition) is 3. The number of likely N-dealkylation sites (tertiary alicyclic amines) is 1. The lowest BCUT2D eigenvalue weighted by Gasteiger charge is -2.38. The van der Waals surface area contributed by atoms with Crippen molar-refractivity contribution in [1.29, 1.82) is 0 Å². The molecule has 1 aliphatic rings. The van der Waals surface area contributed by atoms with E-state index in [0.717, 1.165) is 23.9 Å². The fourth-order valence-corrected chi connectivity index (χ4v) is 3.02. The average Bonchev–Trinajstić information content (AvgIpc) is 2.43. The first-order chi connectivity index (χ1) is 9.13. The van der Waals surface area contributed by atoms with Gasteiger partial charge in [0.25, 0.3) is 0 Å².